The Morgan fingerprint density at radius 1 is 1.32 bits per heavy atom. The quantitative estimate of drug-likeness (QED) is 0.691. The minimum Gasteiger partial charge on any atom is -0.504 e. The highest BCUT2D eigenvalue weighted by Crippen LogP contribution is 2.64. The number of rotatable bonds is 6. The Morgan fingerprint density at radius 2 is 2.11 bits per heavy atom. The van der Waals surface area contributed by atoms with Crippen LogP contribution >= 0.6 is 0 Å². The second-order valence-corrected chi connectivity index (χ2v) is 9.87. The van der Waals surface area contributed by atoms with Crippen LogP contribution in [0.3, 0.4) is 0 Å². The molecule has 1 aliphatic heterocycles. The molecule has 28 heavy (non-hydrogen) atoms. The number of nitrogens with one attached hydrogen (secondary N) is 1. The average molecular weight is 387 g/mol. The van der Waals surface area contributed by atoms with Crippen molar-refractivity contribution in [2.45, 2.75) is 69.0 Å². The summed E-state index contributed by atoms with van der Waals surface area (Å²) in [6.45, 7) is 4.36. The first-order chi connectivity index (χ1) is 13.4. The monoisotopic (exact) mass is 386 g/mol. The first kappa shape index (κ1) is 18.4. The lowest BCUT2D eigenvalue weighted by Gasteiger charge is -2.56. The Kier molecular flexibility index (Phi) is 4.08. The molecule has 0 spiro atoms. The van der Waals surface area contributed by atoms with Crippen molar-refractivity contribution < 1.29 is 24.6 Å². The van der Waals surface area contributed by atoms with Crippen LogP contribution in [0.4, 0.5) is 0 Å². The summed E-state index contributed by atoms with van der Waals surface area (Å²) in [5, 5.41) is 22.4. The molecule has 4 aliphatic rings. The molecule has 5 heteroatoms. The summed E-state index contributed by atoms with van der Waals surface area (Å²) in [6.07, 6.45) is 5.33. The molecule has 3 N–H and O–H groups in total. The summed E-state index contributed by atoms with van der Waals surface area (Å²) in [7, 11) is 2.25. The molecule has 0 bridgehead atoms. The van der Waals surface area contributed by atoms with Crippen molar-refractivity contribution >= 4 is 5.78 Å². The van der Waals surface area contributed by atoms with E-state index in [2.05, 4.69) is 14.0 Å². The number of hydrogen-bond donors (Lipinski definition) is 3. The van der Waals surface area contributed by atoms with Crippen LogP contribution in [-0.2, 0) is 16.6 Å². The molecule has 1 aromatic rings. The number of benzene rings is 1. The summed E-state index contributed by atoms with van der Waals surface area (Å²) >= 11 is 0. The number of quaternary nitrogens is 1. The number of hydrogen-bond acceptors (Lipinski definition) is 4. The van der Waals surface area contributed by atoms with Crippen LogP contribution in [0, 0.1) is 11.8 Å². The second kappa shape index (κ2) is 6.20. The molecule has 0 amide bonds. The molecule has 152 valence electrons. The van der Waals surface area contributed by atoms with E-state index < -0.39 is 17.1 Å². The highest BCUT2D eigenvalue weighted by Gasteiger charge is 2.69. The van der Waals surface area contributed by atoms with Crippen LogP contribution in [0.2, 0.25) is 0 Å². The molecule has 5 atom stereocenters. The Balaban J connectivity index is 1.53. The maximum Gasteiger partial charge on any atom is 0.174 e. The normalized spacial score (nSPS) is 36.8. The van der Waals surface area contributed by atoms with Gasteiger partial charge in [0.2, 0.25) is 0 Å². The van der Waals surface area contributed by atoms with Crippen molar-refractivity contribution in [3.63, 3.8) is 0 Å². The van der Waals surface area contributed by atoms with E-state index in [0.717, 1.165) is 42.9 Å². The summed E-state index contributed by atoms with van der Waals surface area (Å²) in [4.78, 5) is 14.4. The number of aliphatic hydroxyl groups is 1. The predicted octanol–water partition coefficient (Wildman–Crippen LogP) is 1.38. The van der Waals surface area contributed by atoms with Crippen molar-refractivity contribution in [2.75, 3.05) is 20.1 Å². The molecular formula is C23H32NO4+. The van der Waals surface area contributed by atoms with Gasteiger partial charge in [0.25, 0.3) is 0 Å². The standard InChI is InChI=1S/C23H31NO4/c1-14-12-16-6-7-17(25)20-19(16)22(9-3-11-24(2)13-15-4-5-15)21(28-20)18(26)8-10-23(14,22)27/h6-7,14-15,21,25,27H,3-5,8-13H2,1-2H3/p+1/t14-,21+,22+,23-/m1/s1. The van der Waals surface area contributed by atoms with E-state index >= 15 is 0 Å². The third-order valence-corrected chi connectivity index (χ3v) is 8.02. The SMILES string of the molecule is C[C@@H]1Cc2ccc(O)c3c2[C@@]2(CCC[NH+](C)CC4CC4)[C@@H](O3)C(=O)CC[C@@]12O. The minimum atomic E-state index is -0.956. The highest BCUT2D eigenvalue weighted by atomic mass is 16.5. The van der Waals surface area contributed by atoms with E-state index in [0.29, 0.717) is 18.6 Å². The smallest absolute Gasteiger partial charge is 0.174 e. The van der Waals surface area contributed by atoms with Crippen molar-refractivity contribution in [1.29, 1.82) is 0 Å². The number of carbonyl (C=O) groups excluding carboxylic acids is 1. The minimum absolute atomic E-state index is 0.0613. The summed E-state index contributed by atoms with van der Waals surface area (Å²) in [6, 6.07) is 3.63. The van der Waals surface area contributed by atoms with Crippen molar-refractivity contribution in [2.24, 2.45) is 11.8 Å². The molecule has 1 heterocycles. The van der Waals surface area contributed by atoms with Crippen LogP contribution in [-0.4, -0.2) is 47.8 Å². The summed E-state index contributed by atoms with van der Waals surface area (Å²) in [5.74, 6) is 1.55. The fourth-order valence-corrected chi connectivity index (χ4v) is 6.44. The van der Waals surface area contributed by atoms with Crippen molar-refractivity contribution in [1.82, 2.24) is 0 Å². The largest absolute Gasteiger partial charge is 0.504 e. The lowest BCUT2D eigenvalue weighted by Crippen LogP contribution is -3.09. The Morgan fingerprint density at radius 3 is 2.86 bits per heavy atom. The van der Waals surface area contributed by atoms with E-state index in [1.54, 1.807) is 6.07 Å². The maximum atomic E-state index is 12.9. The van der Waals surface area contributed by atoms with Crippen molar-refractivity contribution in [3.8, 4) is 11.5 Å². The molecule has 0 aromatic heterocycles. The van der Waals surface area contributed by atoms with E-state index in [-0.39, 0.29) is 17.5 Å². The molecule has 1 unspecified atom stereocenters. The van der Waals surface area contributed by atoms with E-state index in [4.69, 9.17) is 4.74 Å². The molecule has 3 aliphatic carbocycles. The first-order valence-electron chi connectivity index (χ1n) is 10.9. The van der Waals surface area contributed by atoms with E-state index in [9.17, 15) is 15.0 Å². The van der Waals surface area contributed by atoms with Crippen molar-refractivity contribution in [3.05, 3.63) is 23.3 Å². The molecule has 5 nitrogen and oxygen atoms in total. The van der Waals surface area contributed by atoms with Gasteiger partial charge in [-0.1, -0.05) is 13.0 Å². The van der Waals surface area contributed by atoms with Crippen LogP contribution in [0.15, 0.2) is 12.1 Å². The second-order valence-electron chi connectivity index (χ2n) is 9.87. The Labute approximate surface area is 166 Å². The number of ether oxygens (including phenoxy) is 1. The fourth-order valence-electron chi connectivity index (χ4n) is 6.44. The summed E-state index contributed by atoms with van der Waals surface area (Å²) in [5.41, 5.74) is 0.373. The zero-order valence-corrected chi connectivity index (χ0v) is 17.0. The summed E-state index contributed by atoms with van der Waals surface area (Å²) < 4.78 is 6.13. The molecule has 2 saturated carbocycles. The Hall–Kier alpha value is -1.59. The molecule has 2 fully saturated rings. The zero-order valence-electron chi connectivity index (χ0n) is 17.0. The van der Waals surface area contributed by atoms with Gasteiger partial charge in [0.1, 0.15) is 0 Å². The van der Waals surface area contributed by atoms with Gasteiger partial charge in [0.15, 0.2) is 23.4 Å². The van der Waals surface area contributed by atoms with Gasteiger partial charge in [-0.05, 0) is 56.1 Å². The molecule has 0 saturated heterocycles. The zero-order chi connectivity index (χ0) is 19.7. The molecule has 0 radical (unpaired) electrons. The number of Topliss-reactive ketones (excluding diaryl/α,β-unsaturated/α-hetero) is 1. The Bertz CT molecular complexity index is 819. The molecule has 5 rings (SSSR count). The number of phenols is 1. The topological polar surface area (TPSA) is 71.2 Å². The first-order valence-corrected chi connectivity index (χ1v) is 10.9. The van der Waals surface area contributed by atoms with Crippen LogP contribution in [0.25, 0.3) is 0 Å². The number of ketones is 1. The number of aromatic hydroxyl groups is 1. The average Bonchev–Trinajstić information content (AvgIpc) is 3.38. The maximum absolute atomic E-state index is 12.9. The van der Waals surface area contributed by atoms with Gasteiger partial charge in [-0.25, -0.2) is 0 Å². The van der Waals surface area contributed by atoms with Gasteiger partial charge in [-0.15, -0.1) is 0 Å². The van der Waals surface area contributed by atoms with E-state index in [1.165, 1.54) is 24.3 Å². The third kappa shape index (κ3) is 2.42. The van der Waals surface area contributed by atoms with Gasteiger partial charge in [0, 0.05) is 17.9 Å². The molecular weight excluding hydrogens is 354 g/mol. The molecule has 1 aromatic carbocycles. The van der Waals surface area contributed by atoms with Gasteiger partial charge < -0.3 is 19.8 Å². The van der Waals surface area contributed by atoms with Gasteiger partial charge >= 0.3 is 0 Å². The fraction of sp³-hybridized carbons (Fsp3) is 0.696. The number of carbonyl (C=O) groups is 1. The third-order valence-electron chi connectivity index (χ3n) is 8.02. The van der Waals surface area contributed by atoms with E-state index in [1.807, 2.05) is 6.07 Å². The van der Waals surface area contributed by atoms with Gasteiger partial charge in [0.05, 0.1) is 31.2 Å². The van der Waals surface area contributed by atoms with Crippen LogP contribution in [0.1, 0.15) is 56.6 Å². The predicted molar refractivity (Wildman–Crippen MR) is 105 cm³/mol. The van der Waals surface area contributed by atoms with Gasteiger partial charge in [-0.2, -0.15) is 0 Å². The lowest BCUT2D eigenvalue weighted by atomic mass is 9.49. The van der Waals surface area contributed by atoms with Crippen LogP contribution < -0.4 is 9.64 Å². The van der Waals surface area contributed by atoms with Gasteiger partial charge in [-0.3, -0.25) is 4.79 Å². The number of phenolic OH excluding ortho intramolecular Hbond substituents is 1. The highest BCUT2D eigenvalue weighted by molar-refractivity contribution is 5.89. The lowest BCUT2D eigenvalue weighted by molar-refractivity contribution is -0.881. The van der Waals surface area contributed by atoms with Crippen LogP contribution in [0.5, 0.6) is 11.5 Å².